The van der Waals surface area contributed by atoms with Crippen LogP contribution < -0.4 is 9.64 Å². The fourth-order valence-corrected chi connectivity index (χ4v) is 7.78. The second kappa shape index (κ2) is 13.2. The van der Waals surface area contributed by atoms with Gasteiger partial charge in [0, 0.05) is 63.5 Å². The third kappa shape index (κ3) is 6.20. The van der Waals surface area contributed by atoms with Gasteiger partial charge in [-0.25, -0.2) is 13.2 Å². The van der Waals surface area contributed by atoms with Crippen LogP contribution in [0.4, 0.5) is 19.0 Å². The van der Waals surface area contributed by atoms with Crippen molar-refractivity contribution in [3.63, 3.8) is 0 Å². The lowest BCUT2D eigenvalue weighted by Gasteiger charge is -2.31. The number of carbonyl (C=O) groups excluding carboxylic acids is 1. The Hall–Kier alpha value is -4.29. The molecule has 0 bridgehead atoms. The van der Waals surface area contributed by atoms with Crippen LogP contribution in [0.3, 0.4) is 0 Å². The van der Waals surface area contributed by atoms with Crippen LogP contribution in [-0.2, 0) is 4.79 Å². The minimum absolute atomic E-state index is 0.00215. The maximum absolute atomic E-state index is 16.8. The van der Waals surface area contributed by atoms with Gasteiger partial charge in [-0.05, 0) is 69.2 Å². The zero-order valence-electron chi connectivity index (χ0n) is 28.4. The van der Waals surface area contributed by atoms with Crippen LogP contribution >= 0.6 is 0 Å². The van der Waals surface area contributed by atoms with Crippen molar-refractivity contribution in [1.29, 1.82) is 0 Å². The summed E-state index contributed by atoms with van der Waals surface area (Å²) in [6, 6.07) is 8.26. The molecule has 3 fully saturated rings. The van der Waals surface area contributed by atoms with E-state index in [1.807, 2.05) is 43.1 Å². The molecule has 2 aromatic carbocycles. The monoisotopic (exact) mass is 673 g/mol. The van der Waals surface area contributed by atoms with Gasteiger partial charge >= 0.3 is 6.01 Å². The number of alkyl halides is 1. The quantitative estimate of drug-likeness (QED) is 0.215. The number of carbonyl (C=O) groups is 1. The van der Waals surface area contributed by atoms with Crippen LogP contribution in [0.15, 0.2) is 48.7 Å². The summed E-state index contributed by atoms with van der Waals surface area (Å²) in [6.45, 7) is 4.81. The number of benzene rings is 2. The Kier molecular flexibility index (Phi) is 8.95. The van der Waals surface area contributed by atoms with Crippen LogP contribution in [0.25, 0.3) is 32.9 Å². The van der Waals surface area contributed by atoms with Crippen LogP contribution in [-0.4, -0.2) is 114 Å². The van der Waals surface area contributed by atoms with Crippen molar-refractivity contribution in [2.75, 3.05) is 65.4 Å². The van der Waals surface area contributed by atoms with E-state index < -0.39 is 17.5 Å². The van der Waals surface area contributed by atoms with Gasteiger partial charge in [-0.3, -0.25) is 14.7 Å². The van der Waals surface area contributed by atoms with Gasteiger partial charge in [0.1, 0.15) is 35.6 Å². The molecule has 0 aliphatic carbocycles. The molecule has 3 aliphatic heterocycles. The van der Waals surface area contributed by atoms with Gasteiger partial charge in [0.05, 0.1) is 10.9 Å². The van der Waals surface area contributed by atoms with Crippen molar-refractivity contribution in [3.8, 4) is 17.3 Å². The number of likely N-dealkylation sites (tertiary alicyclic amines) is 1. The third-order valence-corrected chi connectivity index (χ3v) is 10.5. The third-order valence-electron chi connectivity index (χ3n) is 10.5. The average Bonchev–Trinajstić information content (AvgIpc) is 3.80. The molecule has 5 heterocycles. The summed E-state index contributed by atoms with van der Waals surface area (Å²) in [7, 11) is 5.76. The minimum atomic E-state index is -0.919. The van der Waals surface area contributed by atoms with Crippen molar-refractivity contribution < 1.29 is 22.7 Å². The molecule has 0 saturated carbocycles. The van der Waals surface area contributed by atoms with Gasteiger partial charge in [-0.2, -0.15) is 9.97 Å². The molecule has 0 unspecified atom stereocenters. The number of halogens is 3. The lowest BCUT2D eigenvalue weighted by Crippen LogP contribution is -2.43. The molecule has 49 heavy (non-hydrogen) atoms. The zero-order chi connectivity index (χ0) is 34.4. The van der Waals surface area contributed by atoms with E-state index in [1.54, 1.807) is 42.3 Å². The molecular formula is C37H42F3N7O2. The van der Waals surface area contributed by atoms with Crippen molar-refractivity contribution >= 4 is 33.4 Å². The van der Waals surface area contributed by atoms with E-state index in [9.17, 15) is 13.6 Å². The van der Waals surface area contributed by atoms with Crippen LogP contribution in [0.5, 0.6) is 6.01 Å². The van der Waals surface area contributed by atoms with Crippen LogP contribution in [0.2, 0.25) is 0 Å². The Morgan fingerprint density at radius 2 is 1.92 bits per heavy atom. The van der Waals surface area contributed by atoms with Crippen molar-refractivity contribution in [2.24, 2.45) is 0 Å². The number of hydrogen-bond donors (Lipinski definition) is 0. The summed E-state index contributed by atoms with van der Waals surface area (Å²) in [5, 5.41) is 1.75. The summed E-state index contributed by atoms with van der Waals surface area (Å²) in [4.78, 5) is 34.8. The standard InChI is InChI=1S/C37H42F3N7O2/c1-23-26-8-5-9-28(27(26)11-12-30(23)39)33-32(40)34-29(19-41-33)35(45(4)25-13-17-46(21-25)31(48)10-6-15-44(2)3)43-36(42-34)49-22-37-14-7-16-47(37)20-24(38)18-37/h5-6,8-12,19,24-25H,7,13-18,20-22H2,1-4H3/b10-6+/t24-,25-,37+/m1/s1. The van der Waals surface area contributed by atoms with E-state index in [0.717, 1.165) is 19.4 Å². The summed E-state index contributed by atoms with van der Waals surface area (Å²) in [6.07, 6.45) is 6.96. The summed E-state index contributed by atoms with van der Waals surface area (Å²) in [5.74, 6) is -0.600. The van der Waals surface area contributed by atoms with Gasteiger partial charge in [0.2, 0.25) is 5.91 Å². The van der Waals surface area contributed by atoms with E-state index in [4.69, 9.17) is 9.72 Å². The van der Waals surface area contributed by atoms with E-state index in [-0.39, 0.29) is 41.6 Å². The predicted molar refractivity (Wildman–Crippen MR) is 185 cm³/mol. The Morgan fingerprint density at radius 1 is 1.08 bits per heavy atom. The van der Waals surface area contributed by atoms with Gasteiger partial charge in [0.15, 0.2) is 5.82 Å². The maximum Gasteiger partial charge on any atom is 0.319 e. The van der Waals surface area contributed by atoms with E-state index >= 15 is 4.39 Å². The lowest BCUT2D eigenvalue weighted by molar-refractivity contribution is -0.125. The van der Waals surface area contributed by atoms with Crippen molar-refractivity contribution in [2.45, 2.75) is 50.4 Å². The summed E-state index contributed by atoms with van der Waals surface area (Å²) < 4.78 is 52.0. The molecular weight excluding hydrogens is 631 g/mol. The first-order valence-corrected chi connectivity index (χ1v) is 16.9. The molecule has 1 amide bonds. The smallest absolute Gasteiger partial charge is 0.319 e. The second-order valence-electron chi connectivity index (χ2n) is 14.0. The van der Waals surface area contributed by atoms with Crippen molar-refractivity contribution in [1.82, 2.24) is 29.7 Å². The number of nitrogens with zero attached hydrogens (tertiary/aromatic N) is 7. The molecule has 3 aliphatic rings. The number of fused-ring (bicyclic) bond motifs is 3. The SMILES string of the molecule is Cc1c(F)ccc2c(-c3ncc4c(N(C)[C@@H]5CCN(C(=O)/C=C/CN(C)C)C5)nc(OC[C@@]56CCCN5C[C@H](F)C6)nc4c3F)cccc12. The molecule has 258 valence electrons. The molecule has 3 saturated heterocycles. The predicted octanol–water partition coefficient (Wildman–Crippen LogP) is 5.54. The van der Waals surface area contributed by atoms with Crippen LogP contribution in [0, 0.1) is 18.6 Å². The number of likely N-dealkylation sites (N-methyl/N-ethyl adjacent to an activating group) is 2. The number of hydrogen-bond acceptors (Lipinski definition) is 8. The van der Waals surface area contributed by atoms with E-state index in [2.05, 4.69) is 14.9 Å². The van der Waals surface area contributed by atoms with E-state index in [1.165, 1.54) is 6.07 Å². The summed E-state index contributed by atoms with van der Waals surface area (Å²) in [5.41, 5.74) is 0.682. The second-order valence-corrected chi connectivity index (χ2v) is 14.0. The van der Waals surface area contributed by atoms with Crippen LogP contribution in [0.1, 0.15) is 31.2 Å². The number of anilines is 1. The van der Waals surface area contributed by atoms with Gasteiger partial charge in [-0.15, -0.1) is 0 Å². The number of aryl methyl sites for hydroxylation is 1. The highest BCUT2D eigenvalue weighted by Gasteiger charge is 2.49. The molecule has 4 aromatic rings. The first-order chi connectivity index (χ1) is 23.5. The number of aromatic nitrogens is 3. The summed E-state index contributed by atoms with van der Waals surface area (Å²) >= 11 is 0. The minimum Gasteiger partial charge on any atom is -0.461 e. The molecule has 0 radical (unpaired) electrons. The highest BCUT2D eigenvalue weighted by molar-refractivity contribution is 6.00. The fourth-order valence-electron chi connectivity index (χ4n) is 7.78. The molecule has 2 aromatic heterocycles. The largest absolute Gasteiger partial charge is 0.461 e. The van der Waals surface area contributed by atoms with Gasteiger partial charge in [-0.1, -0.05) is 30.3 Å². The molecule has 3 atom stereocenters. The Labute approximate surface area is 284 Å². The number of ether oxygens (including phenoxy) is 1. The highest BCUT2D eigenvalue weighted by atomic mass is 19.1. The normalized spacial score (nSPS) is 22.7. The molecule has 7 rings (SSSR count). The highest BCUT2D eigenvalue weighted by Crippen LogP contribution is 2.41. The molecule has 0 N–H and O–H groups in total. The first kappa shape index (κ1) is 33.2. The van der Waals surface area contributed by atoms with Gasteiger partial charge in [0.25, 0.3) is 0 Å². The topological polar surface area (TPSA) is 77.9 Å². The first-order valence-electron chi connectivity index (χ1n) is 16.9. The average molecular weight is 674 g/mol. The Balaban J connectivity index is 1.26. The molecule has 12 heteroatoms. The number of pyridine rings is 1. The molecule has 9 nitrogen and oxygen atoms in total. The fraction of sp³-hybridized carbons (Fsp3) is 0.459. The van der Waals surface area contributed by atoms with Crippen molar-refractivity contribution in [3.05, 3.63) is 65.9 Å². The van der Waals surface area contributed by atoms with E-state index in [0.29, 0.717) is 72.1 Å². The Morgan fingerprint density at radius 3 is 2.73 bits per heavy atom. The zero-order valence-corrected chi connectivity index (χ0v) is 28.4. The lowest BCUT2D eigenvalue weighted by atomic mass is 9.95. The Bertz CT molecular complexity index is 1940. The number of amides is 1. The maximum atomic E-state index is 16.8. The molecule has 0 spiro atoms. The van der Waals surface area contributed by atoms with Gasteiger partial charge < -0.3 is 19.4 Å². The number of rotatable bonds is 9.